The van der Waals surface area contributed by atoms with Gasteiger partial charge in [-0.15, -0.1) is 11.7 Å². The van der Waals surface area contributed by atoms with Gasteiger partial charge in [0.1, 0.15) is 17.5 Å². The predicted octanol–water partition coefficient (Wildman–Crippen LogP) is -0.512. The van der Waals surface area contributed by atoms with E-state index in [1.807, 2.05) is 0 Å². The SMILES string of the molecule is C=CCOC[C@H]1c2nnn(C)c2CCN1C(=O)CS(C)(=O)=O. The number of carbonyl (C=O) groups is 1. The van der Waals surface area contributed by atoms with Gasteiger partial charge < -0.3 is 9.64 Å². The van der Waals surface area contributed by atoms with Crippen LogP contribution in [0.2, 0.25) is 0 Å². The molecule has 1 aromatic rings. The normalized spacial score (nSPS) is 18.1. The molecule has 122 valence electrons. The van der Waals surface area contributed by atoms with Crippen LogP contribution in [0.4, 0.5) is 0 Å². The van der Waals surface area contributed by atoms with Crippen molar-refractivity contribution in [2.24, 2.45) is 7.05 Å². The average molecular weight is 328 g/mol. The monoisotopic (exact) mass is 328 g/mol. The minimum atomic E-state index is -3.38. The molecule has 1 aliphatic rings. The summed E-state index contributed by atoms with van der Waals surface area (Å²) >= 11 is 0. The highest BCUT2D eigenvalue weighted by Gasteiger charge is 2.35. The van der Waals surface area contributed by atoms with Gasteiger partial charge in [-0.3, -0.25) is 9.48 Å². The Morgan fingerprint density at radius 1 is 1.55 bits per heavy atom. The molecule has 0 saturated heterocycles. The minimum absolute atomic E-state index is 0.229. The number of sulfone groups is 1. The summed E-state index contributed by atoms with van der Waals surface area (Å²) < 4.78 is 29.9. The molecule has 0 aliphatic carbocycles. The van der Waals surface area contributed by atoms with Crippen molar-refractivity contribution < 1.29 is 17.9 Å². The Morgan fingerprint density at radius 3 is 2.91 bits per heavy atom. The number of hydrogen-bond donors (Lipinski definition) is 0. The van der Waals surface area contributed by atoms with Gasteiger partial charge in [0.15, 0.2) is 9.84 Å². The molecule has 0 N–H and O–H groups in total. The summed E-state index contributed by atoms with van der Waals surface area (Å²) in [5, 5.41) is 8.09. The van der Waals surface area contributed by atoms with E-state index < -0.39 is 27.5 Å². The molecule has 0 bridgehead atoms. The summed E-state index contributed by atoms with van der Waals surface area (Å²) in [6.07, 6.45) is 3.25. The van der Waals surface area contributed by atoms with Gasteiger partial charge in [-0.05, 0) is 0 Å². The van der Waals surface area contributed by atoms with Crippen LogP contribution in [-0.4, -0.2) is 66.0 Å². The highest BCUT2D eigenvalue weighted by molar-refractivity contribution is 7.91. The van der Waals surface area contributed by atoms with Crippen LogP contribution >= 0.6 is 0 Å². The van der Waals surface area contributed by atoms with E-state index in [9.17, 15) is 13.2 Å². The number of hydrogen-bond acceptors (Lipinski definition) is 6. The van der Waals surface area contributed by atoms with Crippen LogP contribution in [0, 0.1) is 0 Å². The summed E-state index contributed by atoms with van der Waals surface area (Å²) in [4.78, 5) is 13.8. The lowest BCUT2D eigenvalue weighted by atomic mass is 10.0. The first-order valence-electron chi connectivity index (χ1n) is 6.87. The molecule has 1 aliphatic heterocycles. The third-order valence-corrected chi connectivity index (χ3v) is 4.24. The second-order valence-corrected chi connectivity index (χ2v) is 7.43. The molecule has 0 radical (unpaired) electrons. The van der Waals surface area contributed by atoms with Crippen molar-refractivity contribution in [1.29, 1.82) is 0 Å². The Bertz CT molecular complexity index is 668. The maximum Gasteiger partial charge on any atom is 0.238 e. The van der Waals surface area contributed by atoms with Gasteiger partial charge in [0.2, 0.25) is 5.91 Å². The molecule has 0 unspecified atom stereocenters. The van der Waals surface area contributed by atoms with Crippen molar-refractivity contribution in [1.82, 2.24) is 19.9 Å². The second-order valence-electron chi connectivity index (χ2n) is 5.29. The minimum Gasteiger partial charge on any atom is -0.375 e. The van der Waals surface area contributed by atoms with Gasteiger partial charge in [0, 0.05) is 26.3 Å². The zero-order valence-electron chi connectivity index (χ0n) is 12.7. The molecule has 1 amide bonds. The zero-order valence-corrected chi connectivity index (χ0v) is 13.5. The lowest BCUT2D eigenvalue weighted by molar-refractivity contribution is -0.132. The fourth-order valence-corrected chi connectivity index (χ4v) is 3.12. The lowest BCUT2D eigenvalue weighted by Gasteiger charge is -2.34. The Balaban J connectivity index is 2.24. The van der Waals surface area contributed by atoms with E-state index in [1.54, 1.807) is 17.8 Å². The third kappa shape index (κ3) is 3.72. The predicted molar refractivity (Wildman–Crippen MR) is 79.9 cm³/mol. The highest BCUT2D eigenvalue weighted by atomic mass is 32.2. The van der Waals surface area contributed by atoms with Crippen LogP contribution in [0.5, 0.6) is 0 Å². The van der Waals surface area contributed by atoms with Gasteiger partial charge >= 0.3 is 0 Å². The standard InChI is InChI=1S/C13H20N4O4S/c1-4-7-21-8-11-13-10(16(2)15-14-13)5-6-17(11)12(18)9-22(3,19)20/h4,11H,1,5-9H2,2-3H3/t11-/m0/s1. The summed E-state index contributed by atoms with van der Waals surface area (Å²) in [6.45, 7) is 4.58. The fourth-order valence-electron chi connectivity index (χ4n) is 2.51. The Morgan fingerprint density at radius 2 is 2.27 bits per heavy atom. The first kappa shape index (κ1) is 16.6. The largest absolute Gasteiger partial charge is 0.375 e. The van der Waals surface area contributed by atoms with Gasteiger partial charge in [-0.25, -0.2) is 8.42 Å². The average Bonchev–Trinajstić information content (AvgIpc) is 2.79. The number of ether oxygens (including phenoxy) is 1. The molecule has 0 fully saturated rings. The van der Waals surface area contributed by atoms with Gasteiger partial charge in [0.05, 0.1) is 18.9 Å². The van der Waals surface area contributed by atoms with Crippen LogP contribution in [0.15, 0.2) is 12.7 Å². The van der Waals surface area contributed by atoms with E-state index in [0.717, 1.165) is 11.9 Å². The molecule has 1 aromatic heterocycles. The van der Waals surface area contributed by atoms with Crippen molar-refractivity contribution in [2.75, 3.05) is 31.8 Å². The maximum absolute atomic E-state index is 12.3. The van der Waals surface area contributed by atoms with Crippen molar-refractivity contribution >= 4 is 15.7 Å². The van der Waals surface area contributed by atoms with Crippen LogP contribution in [0.1, 0.15) is 17.4 Å². The first-order chi connectivity index (χ1) is 10.3. The topological polar surface area (TPSA) is 94.4 Å². The molecule has 0 aromatic carbocycles. The highest BCUT2D eigenvalue weighted by Crippen LogP contribution is 2.28. The van der Waals surface area contributed by atoms with E-state index in [1.165, 1.54) is 4.90 Å². The first-order valence-corrected chi connectivity index (χ1v) is 8.94. The van der Waals surface area contributed by atoms with Crippen molar-refractivity contribution in [3.05, 3.63) is 24.0 Å². The molecular weight excluding hydrogens is 308 g/mol. The smallest absolute Gasteiger partial charge is 0.238 e. The van der Waals surface area contributed by atoms with Crippen LogP contribution < -0.4 is 0 Å². The summed E-state index contributed by atoms with van der Waals surface area (Å²) in [7, 11) is -1.59. The molecular formula is C13H20N4O4S. The van der Waals surface area contributed by atoms with E-state index in [4.69, 9.17) is 4.74 Å². The second kappa shape index (κ2) is 6.57. The van der Waals surface area contributed by atoms with Crippen molar-refractivity contribution in [3.8, 4) is 0 Å². The molecule has 9 heteroatoms. The number of aromatic nitrogens is 3. The van der Waals surface area contributed by atoms with Crippen molar-refractivity contribution in [2.45, 2.75) is 12.5 Å². The van der Waals surface area contributed by atoms with Crippen LogP contribution in [0.25, 0.3) is 0 Å². The van der Waals surface area contributed by atoms with Gasteiger partial charge in [-0.2, -0.15) is 0 Å². The summed E-state index contributed by atoms with van der Waals surface area (Å²) in [5.41, 5.74) is 1.61. The number of fused-ring (bicyclic) bond motifs is 1. The van der Waals surface area contributed by atoms with E-state index >= 15 is 0 Å². The summed E-state index contributed by atoms with van der Waals surface area (Å²) in [5.74, 6) is -0.952. The number of nitrogens with zero attached hydrogens (tertiary/aromatic N) is 4. The molecule has 22 heavy (non-hydrogen) atoms. The lowest BCUT2D eigenvalue weighted by Crippen LogP contribution is -2.44. The molecule has 8 nitrogen and oxygen atoms in total. The van der Waals surface area contributed by atoms with Crippen LogP contribution in [-0.2, 0) is 32.8 Å². The summed E-state index contributed by atoms with van der Waals surface area (Å²) in [6, 6.07) is -0.424. The zero-order chi connectivity index (χ0) is 16.3. The van der Waals surface area contributed by atoms with Crippen molar-refractivity contribution in [3.63, 3.8) is 0 Å². The molecule has 2 heterocycles. The molecule has 0 spiro atoms. The van der Waals surface area contributed by atoms with E-state index in [0.29, 0.717) is 25.3 Å². The molecule has 1 atom stereocenters. The number of amides is 1. The Kier molecular flexibility index (Phi) is 4.97. The number of aryl methyl sites for hydroxylation is 1. The third-order valence-electron chi connectivity index (χ3n) is 3.47. The van der Waals surface area contributed by atoms with E-state index in [-0.39, 0.29) is 6.61 Å². The Hall–Kier alpha value is -1.74. The number of rotatable bonds is 6. The number of carbonyl (C=O) groups excluding carboxylic acids is 1. The van der Waals surface area contributed by atoms with Gasteiger partial charge in [0.25, 0.3) is 0 Å². The molecule has 0 saturated carbocycles. The maximum atomic E-state index is 12.3. The Labute approximate surface area is 129 Å². The van der Waals surface area contributed by atoms with E-state index in [2.05, 4.69) is 16.9 Å². The van der Waals surface area contributed by atoms with Gasteiger partial charge in [-0.1, -0.05) is 11.3 Å². The fraction of sp³-hybridized carbons (Fsp3) is 0.615. The van der Waals surface area contributed by atoms with Crippen LogP contribution in [0.3, 0.4) is 0 Å². The molecule has 2 rings (SSSR count). The quantitative estimate of drug-likeness (QED) is 0.515.